The van der Waals surface area contributed by atoms with Crippen LogP contribution >= 0.6 is 24.0 Å². The zero-order chi connectivity index (χ0) is 23.4. The Hall–Kier alpha value is -3.04. The summed E-state index contributed by atoms with van der Waals surface area (Å²) in [6.45, 7) is 2.70. The summed E-state index contributed by atoms with van der Waals surface area (Å²) in [5, 5.41) is 0. The van der Waals surface area contributed by atoms with E-state index in [1.54, 1.807) is 37.3 Å². The lowest BCUT2D eigenvalue weighted by molar-refractivity contribution is -0.135. The first-order valence-corrected chi connectivity index (χ1v) is 11.8. The molecule has 0 aromatic heterocycles. The van der Waals surface area contributed by atoms with Crippen LogP contribution in [0.4, 0.5) is 5.69 Å². The summed E-state index contributed by atoms with van der Waals surface area (Å²) in [5.41, 5.74) is 1.94. The summed E-state index contributed by atoms with van der Waals surface area (Å²) in [5.74, 6) is 0.842. The average molecular weight is 484 g/mol. The molecule has 7 nitrogen and oxygen atoms in total. The molecule has 0 aliphatic carbocycles. The van der Waals surface area contributed by atoms with E-state index in [0.717, 1.165) is 24.3 Å². The minimum Gasteiger partial charge on any atom is -0.493 e. The van der Waals surface area contributed by atoms with Crippen LogP contribution in [0.3, 0.4) is 0 Å². The average Bonchev–Trinajstić information content (AvgIpc) is 3.11. The van der Waals surface area contributed by atoms with Crippen LogP contribution in [0, 0.1) is 0 Å². The molecule has 2 amide bonds. The van der Waals surface area contributed by atoms with Crippen molar-refractivity contribution in [1.29, 1.82) is 0 Å². The molecule has 2 aromatic rings. The highest BCUT2D eigenvalue weighted by Gasteiger charge is 2.35. The fourth-order valence-electron chi connectivity index (χ4n) is 3.82. The summed E-state index contributed by atoms with van der Waals surface area (Å²) >= 11 is 6.61. The quantitative estimate of drug-likeness (QED) is 0.462. The van der Waals surface area contributed by atoms with E-state index in [9.17, 15) is 9.59 Å². The molecular weight excluding hydrogens is 458 g/mol. The molecular formula is C24H25N3O4S2. The highest BCUT2D eigenvalue weighted by Crippen LogP contribution is 2.34. The molecule has 0 bridgehead atoms. The second-order valence-electron chi connectivity index (χ2n) is 7.59. The third-order valence-corrected chi connectivity index (χ3v) is 7.00. The Morgan fingerprint density at radius 2 is 1.73 bits per heavy atom. The standard InChI is InChI=1S/C24H25N3O4S2/c1-30-19-9-8-17(14-20(19)31-2)15-21-23(29)27(24(32)33-21)16-22(28)26-12-10-25(11-13-26)18-6-4-3-5-7-18/h3-9,14-15H,10-13,16H2,1-2H3/b21-15-. The number of thiocarbonyl (C=S) groups is 1. The molecule has 2 saturated heterocycles. The van der Waals surface area contributed by atoms with E-state index in [4.69, 9.17) is 21.7 Å². The van der Waals surface area contributed by atoms with Crippen LogP contribution in [-0.2, 0) is 9.59 Å². The predicted molar refractivity (Wildman–Crippen MR) is 135 cm³/mol. The first-order valence-electron chi connectivity index (χ1n) is 10.6. The summed E-state index contributed by atoms with van der Waals surface area (Å²) in [6, 6.07) is 15.6. The molecule has 9 heteroatoms. The van der Waals surface area contributed by atoms with Crippen molar-refractivity contribution in [3.63, 3.8) is 0 Å². The number of thioether (sulfide) groups is 1. The van der Waals surface area contributed by atoms with Gasteiger partial charge in [0.25, 0.3) is 5.91 Å². The molecule has 0 saturated carbocycles. The highest BCUT2D eigenvalue weighted by molar-refractivity contribution is 8.26. The van der Waals surface area contributed by atoms with Gasteiger partial charge in [0.1, 0.15) is 10.9 Å². The highest BCUT2D eigenvalue weighted by atomic mass is 32.2. The first kappa shape index (κ1) is 23.1. The van der Waals surface area contributed by atoms with Crippen LogP contribution in [0.15, 0.2) is 53.4 Å². The Bertz CT molecular complexity index is 1080. The third kappa shape index (κ3) is 5.15. The second-order valence-corrected chi connectivity index (χ2v) is 9.26. The summed E-state index contributed by atoms with van der Waals surface area (Å²) in [4.78, 5) is 31.8. The number of hydrogen-bond donors (Lipinski definition) is 0. The molecule has 2 aromatic carbocycles. The van der Waals surface area contributed by atoms with Crippen molar-refractivity contribution in [2.75, 3.05) is 51.8 Å². The molecule has 2 aliphatic heterocycles. The van der Waals surface area contributed by atoms with Crippen LogP contribution in [0.25, 0.3) is 6.08 Å². The van der Waals surface area contributed by atoms with Crippen molar-refractivity contribution in [3.8, 4) is 11.5 Å². The van der Waals surface area contributed by atoms with E-state index < -0.39 is 0 Å². The molecule has 172 valence electrons. The molecule has 2 fully saturated rings. The molecule has 4 rings (SSSR count). The number of benzene rings is 2. The number of carbonyl (C=O) groups is 2. The van der Waals surface area contributed by atoms with Gasteiger partial charge in [-0.15, -0.1) is 0 Å². The topological polar surface area (TPSA) is 62.3 Å². The van der Waals surface area contributed by atoms with E-state index >= 15 is 0 Å². The fraction of sp³-hybridized carbons (Fsp3) is 0.292. The van der Waals surface area contributed by atoms with Crippen molar-refractivity contribution in [3.05, 3.63) is 59.0 Å². The lowest BCUT2D eigenvalue weighted by Gasteiger charge is -2.36. The molecule has 0 unspecified atom stereocenters. The van der Waals surface area contributed by atoms with Gasteiger partial charge in [0.15, 0.2) is 11.5 Å². The normalized spacial score (nSPS) is 17.6. The van der Waals surface area contributed by atoms with Crippen LogP contribution < -0.4 is 14.4 Å². The van der Waals surface area contributed by atoms with Crippen molar-refractivity contribution in [2.24, 2.45) is 0 Å². The number of nitrogens with zero attached hydrogens (tertiary/aromatic N) is 3. The monoisotopic (exact) mass is 483 g/mol. The second kappa shape index (κ2) is 10.3. The fourth-order valence-corrected chi connectivity index (χ4v) is 5.07. The van der Waals surface area contributed by atoms with Gasteiger partial charge in [-0.1, -0.05) is 48.2 Å². The number of carbonyl (C=O) groups excluding carboxylic acids is 2. The Morgan fingerprint density at radius 1 is 1.03 bits per heavy atom. The van der Waals surface area contributed by atoms with Crippen molar-refractivity contribution < 1.29 is 19.1 Å². The number of ether oxygens (including phenoxy) is 2. The van der Waals surface area contributed by atoms with Crippen molar-refractivity contribution >= 4 is 51.9 Å². The Balaban J connectivity index is 1.38. The lowest BCUT2D eigenvalue weighted by Crippen LogP contribution is -2.51. The van der Waals surface area contributed by atoms with E-state index in [2.05, 4.69) is 17.0 Å². The summed E-state index contributed by atoms with van der Waals surface area (Å²) in [7, 11) is 3.13. The van der Waals surface area contributed by atoms with E-state index in [1.165, 1.54) is 16.7 Å². The van der Waals surface area contributed by atoms with Crippen molar-refractivity contribution in [2.45, 2.75) is 0 Å². The van der Waals surface area contributed by atoms with Gasteiger partial charge in [0, 0.05) is 31.9 Å². The van der Waals surface area contributed by atoms with Gasteiger partial charge >= 0.3 is 0 Å². The SMILES string of the molecule is COc1ccc(/C=C2\SC(=S)N(CC(=O)N3CCN(c4ccccc4)CC3)C2=O)cc1OC. The van der Waals surface area contributed by atoms with E-state index in [1.807, 2.05) is 24.3 Å². The van der Waals surface area contributed by atoms with Gasteiger partial charge in [0.2, 0.25) is 5.91 Å². The zero-order valence-corrected chi connectivity index (χ0v) is 20.2. The minimum atomic E-state index is -0.254. The Labute approximate surface area is 202 Å². The smallest absolute Gasteiger partial charge is 0.266 e. The van der Waals surface area contributed by atoms with Crippen molar-refractivity contribution in [1.82, 2.24) is 9.80 Å². The molecule has 0 radical (unpaired) electrons. The van der Waals surface area contributed by atoms with Crippen LogP contribution in [-0.4, -0.2) is 72.9 Å². The lowest BCUT2D eigenvalue weighted by atomic mass is 10.2. The number of methoxy groups -OCH3 is 2. The third-order valence-electron chi connectivity index (χ3n) is 5.63. The number of amides is 2. The summed E-state index contributed by atoms with van der Waals surface area (Å²) < 4.78 is 11.0. The van der Waals surface area contributed by atoms with Gasteiger partial charge < -0.3 is 19.3 Å². The maximum absolute atomic E-state index is 13.0. The minimum absolute atomic E-state index is 0.0424. The largest absolute Gasteiger partial charge is 0.493 e. The maximum atomic E-state index is 13.0. The van der Waals surface area contributed by atoms with E-state index in [-0.39, 0.29) is 18.4 Å². The zero-order valence-electron chi connectivity index (χ0n) is 18.5. The maximum Gasteiger partial charge on any atom is 0.266 e. The number of hydrogen-bond acceptors (Lipinski definition) is 7. The number of para-hydroxylation sites is 1. The molecule has 0 atom stereocenters. The van der Waals surface area contributed by atoms with Crippen LogP contribution in [0.2, 0.25) is 0 Å². The first-order chi connectivity index (χ1) is 16.0. The van der Waals surface area contributed by atoms with Gasteiger partial charge in [-0.25, -0.2) is 0 Å². The Morgan fingerprint density at radius 3 is 2.39 bits per heavy atom. The van der Waals surface area contributed by atoms with Crippen LogP contribution in [0.1, 0.15) is 5.56 Å². The molecule has 0 spiro atoms. The molecule has 2 heterocycles. The van der Waals surface area contributed by atoms with Gasteiger partial charge in [0.05, 0.1) is 19.1 Å². The van der Waals surface area contributed by atoms with Gasteiger partial charge in [-0.3, -0.25) is 14.5 Å². The predicted octanol–water partition coefficient (Wildman–Crippen LogP) is 3.25. The molecule has 0 N–H and O–H groups in total. The molecule has 2 aliphatic rings. The van der Waals surface area contributed by atoms with Gasteiger partial charge in [-0.2, -0.15) is 0 Å². The van der Waals surface area contributed by atoms with E-state index in [0.29, 0.717) is 33.8 Å². The number of anilines is 1. The number of piperazine rings is 1. The van der Waals surface area contributed by atoms with Gasteiger partial charge in [-0.05, 0) is 35.9 Å². The number of rotatable bonds is 6. The Kier molecular flexibility index (Phi) is 7.20. The summed E-state index contributed by atoms with van der Waals surface area (Å²) in [6.07, 6.45) is 1.75. The molecule has 33 heavy (non-hydrogen) atoms. The van der Waals surface area contributed by atoms with Crippen LogP contribution in [0.5, 0.6) is 11.5 Å².